The van der Waals surface area contributed by atoms with Crippen molar-refractivity contribution in [3.8, 4) is 0 Å². The molecule has 1 saturated carbocycles. The summed E-state index contributed by atoms with van der Waals surface area (Å²) in [7, 11) is -3.55. The number of rotatable bonds is 5. The minimum Gasteiger partial charge on any atom is -0.353 e. The van der Waals surface area contributed by atoms with Crippen molar-refractivity contribution in [1.82, 2.24) is 9.62 Å². The van der Waals surface area contributed by atoms with Crippen LogP contribution in [0.25, 0.3) is 0 Å². The SMILES string of the molecule is C[C@@H](NC(=O)[C@@H]1CCCN(S(=O)(=O)c2ccc(Br)cc2)C1)C1CC1. The molecule has 2 fully saturated rings. The zero-order valence-electron chi connectivity index (χ0n) is 13.7. The van der Waals surface area contributed by atoms with E-state index in [0.29, 0.717) is 18.9 Å². The van der Waals surface area contributed by atoms with Gasteiger partial charge in [0.2, 0.25) is 15.9 Å². The van der Waals surface area contributed by atoms with Gasteiger partial charge >= 0.3 is 0 Å². The molecular weight excluding hydrogens is 392 g/mol. The van der Waals surface area contributed by atoms with E-state index in [2.05, 4.69) is 21.2 Å². The van der Waals surface area contributed by atoms with E-state index in [9.17, 15) is 13.2 Å². The largest absolute Gasteiger partial charge is 0.353 e. The summed E-state index contributed by atoms with van der Waals surface area (Å²) in [4.78, 5) is 12.7. The fourth-order valence-corrected chi connectivity index (χ4v) is 4.97. The molecule has 5 nitrogen and oxygen atoms in total. The molecule has 1 aromatic carbocycles. The van der Waals surface area contributed by atoms with E-state index in [1.54, 1.807) is 24.3 Å². The molecule has 1 aromatic rings. The fourth-order valence-electron chi connectivity index (χ4n) is 3.19. The molecule has 1 heterocycles. The predicted molar refractivity (Wildman–Crippen MR) is 96.0 cm³/mol. The van der Waals surface area contributed by atoms with Crippen molar-refractivity contribution in [2.45, 2.75) is 43.5 Å². The van der Waals surface area contributed by atoms with E-state index < -0.39 is 10.0 Å². The number of carbonyl (C=O) groups is 1. The van der Waals surface area contributed by atoms with Gasteiger partial charge in [0.05, 0.1) is 10.8 Å². The monoisotopic (exact) mass is 414 g/mol. The molecule has 0 bridgehead atoms. The van der Waals surface area contributed by atoms with Crippen molar-refractivity contribution < 1.29 is 13.2 Å². The number of benzene rings is 1. The van der Waals surface area contributed by atoms with Crippen LogP contribution in [0.15, 0.2) is 33.6 Å². The molecule has 1 saturated heterocycles. The first kappa shape index (κ1) is 17.9. The van der Waals surface area contributed by atoms with Crippen LogP contribution < -0.4 is 5.32 Å². The summed E-state index contributed by atoms with van der Waals surface area (Å²) >= 11 is 3.32. The lowest BCUT2D eigenvalue weighted by Crippen LogP contribution is -2.47. The number of nitrogens with zero attached hydrogens (tertiary/aromatic N) is 1. The van der Waals surface area contributed by atoms with Crippen LogP contribution in [0.5, 0.6) is 0 Å². The topological polar surface area (TPSA) is 66.5 Å². The maximum atomic E-state index is 12.8. The molecule has 0 unspecified atom stereocenters. The molecule has 0 aromatic heterocycles. The second-order valence-corrected chi connectivity index (χ2v) is 9.64. The number of amides is 1. The summed E-state index contributed by atoms with van der Waals surface area (Å²) in [5.74, 6) is 0.329. The van der Waals surface area contributed by atoms with Crippen molar-refractivity contribution in [3.63, 3.8) is 0 Å². The highest BCUT2D eigenvalue weighted by Gasteiger charge is 2.35. The maximum Gasteiger partial charge on any atom is 0.243 e. The second kappa shape index (κ2) is 7.14. The molecule has 0 radical (unpaired) electrons. The average Bonchev–Trinajstić information content (AvgIpc) is 3.40. The molecule has 24 heavy (non-hydrogen) atoms. The van der Waals surface area contributed by atoms with E-state index >= 15 is 0 Å². The number of halogens is 1. The lowest BCUT2D eigenvalue weighted by atomic mass is 9.98. The van der Waals surface area contributed by atoms with Gasteiger partial charge in [-0.25, -0.2) is 8.42 Å². The normalized spacial score (nSPS) is 23.7. The molecule has 1 aliphatic heterocycles. The Hall–Kier alpha value is -0.920. The first-order valence-electron chi connectivity index (χ1n) is 8.44. The van der Waals surface area contributed by atoms with Crippen LogP contribution in [0.2, 0.25) is 0 Å². The van der Waals surface area contributed by atoms with Crippen LogP contribution in [-0.4, -0.2) is 37.8 Å². The van der Waals surface area contributed by atoms with Crippen LogP contribution in [0.3, 0.4) is 0 Å². The Labute approximate surface area is 152 Å². The molecule has 1 amide bonds. The van der Waals surface area contributed by atoms with Gasteiger partial charge < -0.3 is 5.32 Å². The summed E-state index contributed by atoms with van der Waals surface area (Å²) in [5, 5.41) is 3.06. The highest BCUT2D eigenvalue weighted by Crippen LogP contribution is 2.32. The molecule has 2 atom stereocenters. The molecule has 0 spiro atoms. The third kappa shape index (κ3) is 4.00. The Balaban J connectivity index is 1.67. The molecule has 1 aliphatic carbocycles. The Morgan fingerprint density at radius 3 is 2.54 bits per heavy atom. The van der Waals surface area contributed by atoms with E-state index in [-0.39, 0.29) is 29.3 Å². The van der Waals surface area contributed by atoms with Crippen molar-refractivity contribution in [3.05, 3.63) is 28.7 Å². The quantitative estimate of drug-likeness (QED) is 0.805. The van der Waals surface area contributed by atoms with Gasteiger partial charge in [0.1, 0.15) is 0 Å². The van der Waals surface area contributed by atoms with E-state index in [0.717, 1.165) is 10.9 Å². The minimum atomic E-state index is -3.55. The summed E-state index contributed by atoms with van der Waals surface area (Å²) < 4.78 is 27.9. The van der Waals surface area contributed by atoms with Gasteiger partial charge in [-0.1, -0.05) is 15.9 Å². The molecule has 1 N–H and O–H groups in total. The Morgan fingerprint density at radius 1 is 1.25 bits per heavy atom. The zero-order chi connectivity index (χ0) is 17.3. The smallest absolute Gasteiger partial charge is 0.243 e. The highest BCUT2D eigenvalue weighted by molar-refractivity contribution is 9.10. The summed E-state index contributed by atoms with van der Waals surface area (Å²) in [5.41, 5.74) is 0. The van der Waals surface area contributed by atoms with E-state index in [4.69, 9.17) is 0 Å². The predicted octanol–water partition coefficient (Wildman–Crippen LogP) is 2.76. The van der Waals surface area contributed by atoms with Gasteiger partial charge in [0, 0.05) is 23.6 Å². The van der Waals surface area contributed by atoms with Gasteiger partial charge in [-0.15, -0.1) is 0 Å². The van der Waals surface area contributed by atoms with E-state index in [1.165, 1.54) is 17.1 Å². The van der Waals surface area contributed by atoms with Crippen molar-refractivity contribution in [2.75, 3.05) is 13.1 Å². The lowest BCUT2D eigenvalue weighted by Gasteiger charge is -2.32. The third-order valence-electron chi connectivity index (χ3n) is 4.91. The Bertz CT molecular complexity index is 701. The average molecular weight is 415 g/mol. The third-order valence-corrected chi connectivity index (χ3v) is 7.31. The summed E-state index contributed by atoms with van der Waals surface area (Å²) in [6, 6.07) is 6.82. The second-order valence-electron chi connectivity index (χ2n) is 6.79. The van der Waals surface area contributed by atoms with Gasteiger partial charge in [-0.05, 0) is 62.8 Å². The molecule has 132 valence electrons. The highest BCUT2D eigenvalue weighted by atomic mass is 79.9. The standard InChI is InChI=1S/C17H23BrN2O3S/c1-12(13-4-5-13)19-17(21)14-3-2-10-20(11-14)24(22,23)16-8-6-15(18)7-9-16/h6-9,12-14H,2-5,10-11H2,1H3,(H,19,21)/t12-,14-/m1/s1. The first-order chi connectivity index (χ1) is 11.4. The van der Waals surface area contributed by atoms with Crippen molar-refractivity contribution in [2.24, 2.45) is 11.8 Å². The van der Waals surface area contributed by atoms with Crippen LogP contribution in [0, 0.1) is 11.8 Å². The molecular formula is C17H23BrN2O3S. The van der Waals surface area contributed by atoms with Crippen LogP contribution in [0.4, 0.5) is 0 Å². The molecule has 2 aliphatic rings. The van der Waals surface area contributed by atoms with Gasteiger partial charge in [-0.3, -0.25) is 4.79 Å². The maximum absolute atomic E-state index is 12.8. The van der Waals surface area contributed by atoms with Crippen molar-refractivity contribution in [1.29, 1.82) is 0 Å². The number of piperidine rings is 1. The number of nitrogens with one attached hydrogen (secondary N) is 1. The number of hydrogen-bond acceptors (Lipinski definition) is 3. The first-order valence-corrected chi connectivity index (χ1v) is 10.7. The number of sulfonamides is 1. The Morgan fingerprint density at radius 2 is 1.92 bits per heavy atom. The molecule has 7 heteroatoms. The minimum absolute atomic E-state index is 0.00916. The van der Waals surface area contributed by atoms with Gasteiger partial charge in [0.25, 0.3) is 0 Å². The van der Waals surface area contributed by atoms with Gasteiger partial charge in [0.15, 0.2) is 0 Å². The fraction of sp³-hybridized carbons (Fsp3) is 0.588. The Kier molecular flexibility index (Phi) is 5.32. The van der Waals surface area contributed by atoms with Crippen molar-refractivity contribution >= 4 is 31.9 Å². The molecule has 3 rings (SSSR count). The van der Waals surface area contributed by atoms with E-state index in [1.807, 2.05) is 6.92 Å². The summed E-state index contributed by atoms with van der Waals surface area (Å²) in [6.45, 7) is 2.77. The van der Waals surface area contributed by atoms with Gasteiger partial charge in [-0.2, -0.15) is 4.31 Å². The van der Waals surface area contributed by atoms with Crippen LogP contribution in [-0.2, 0) is 14.8 Å². The lowest BCUT2D eigenvalue weighted by molar-refractivity contribution is -0.126. The number of hydrogen-bond donors (Lipinski definition) is 1. The zero-order valence-corrected chi connectivity index (χ0v) is 16.1. The summed E-state index contributed by atoms with van der Waals surface area (Å²) in [6.07, 6.45) is 3.81. The number of carbonyl (C=O) groups excluding carboxylic acids is 1. The van der Waals surface area contributed by atoms with Crippen LogP contribution in [0.1, 0.15) is 32.6 Å². The van der Waals surface area contributed by atoms with Crippen LogP contribution >= 0.6 is 15.9 Å².